The van der Waals surface area contributed by atoms with Crippen LogP contribution in [0.15, 0.2) is 34.8 Å². The maximum atomic E-state index is 5.45. The first kappa shape index (κ1) is 16.8. The van der Waals surface area contributed by atoms with Gasteiger partial charge in [-0.3, -0.25) is 0 Å². The zero-order valence-corrected chi connectivity index (χ0v) is 15.4. The molecule has 2 heterocycles. The van der Waals surface area contributed by atoms with Crippen molar-refractivity contribution in [3.63, 3.8) is 0 Å². The molecule has 0 aliphatic carbocycles. The largest absolute Gasteiger partial charge is 0.494 e. The summed E-state index contributed by atoms with van der Waals surface area (Å²) in [5, 5.41) is 15.5. The highest BCUT2D eigenvalue weighted by Crippen LogP contribution is 2.24. The third-order valence-electron chi connectivity index (χ3n) is 3.42. The van der Waals surface area contributed by atoms with Gasteiger partial charge in [-0.2, -0.15) is 0 Å². The minimum atomic E-state index is 0.670. The fourth-order valence-corrected chi connectivity index (χ4v) is 3.44. The molecule has 0 saturated carbocycles. The fraction of sp³-hybridized carbons (Fsp3) is 0.312. The average molecular weight is 361 g/mol. The summed E-state index contributed by atoms with van der Waals surface area (Å²) in [5.74, 6) is 1.78. The lowest BCUT2D eigenvalue weighted by Crippen LogP contribution is -2.00. The normalized spacial score (nSPS) is 10.8. The minimum absolute atomic E-state index is 0.670. The number of thiazole rings is 1. The number of anilines is 2. The molecule has 0 radical (unpaired) electrons. The van der Waals surface area contributed by atoms with Gasteiger partial charge < -0.3 is 14.6 Å². The number of aromatic nitrogens is 4. The van der Waals surface area contributed by atoms with Crippen LogP contribution in [0.25, 0.3) is 0 Å². The van der Waals surface area contributed by atoms with Crippen molar-refractivity contribution >= 4 is 33.9 Å². The van der Waals surface area contributed by atoms with Gasteiger partial charge in [0.25, 0.3) is 0 Å². The fourth-order valence-electron chi connectivity index (χ4n) is 2.21. The second-order valence-electron chi connectivity index (χ2n) is 5.07. The predicted octanol–water partition coefficient (Wildman–Crippen LogP) is 3.73. The second kappa shape index (κ2) is 7.67. The maximum Gasteiger partial charge on any atom is 0.190 e. The van der Waals surface area contributed by atoms with E-state index < -0.39 is 0 Å². The summed E-state index contributed by atoms with van der Waals surface area (Å²) in [6, 6.07) is 7.87. The first-order valence-electron chi connectivity index (χ1n) is 7.56. The molecule has 0 bridgehead atoms. The maximum absolute atomic E-state index is 5.45. The molecule has 3 rings (SSSR count). The molecule has 1 N–H and O–H groups in total. The monoisotopic (exact) mass is 361 g/mol. The molecule has 0 aliphatic heterocycles. The zero-order valence-electron chi connectivity index (χ0n) is 13.8. The van der Waals surface area contributed by atoms with Crippen LogP contribution in [0.4, 0.5) is 10.8 Å². The van der Waals surface area contributed by atoms with Crippen molar-refractivity contribution in [1.29, 1.82) is 0 Å². The van der Waals surface area contributed by atoms with Crippen LogP contribution in [0.3, 0.4) is 0 Å². The molecule has 0 spiro atoms. The molecule has 6 nitrogen and oxygen atoms in total. The summed E-state index contributed by atoms with van der Waals surface area (Å²) in [4.78, 5) is 4.62. The van der Waals surface area contributed by atoms with Crippen molar-refractivity contribution in [3.05, 3.63) is 41.2 Å². The first-order valence-corrected chi connectivity index (χ1v) is 9.66. The number of hydrogen-bond acceptors (Lipinski definition) is 7. The van der Waals surface area contributed by atoms with E-state index in [1.807, 2.05) is 54.4 Å². The summed E-state index contributed by atoms with van der Waals surface area (Å²) in [6.45, 7) is 2.64. The molecule has 0 atom stereocenters. The van der Waals surface area contributed by atoms with Crippen LogP contribution in [-0.4, -0.2) is 32.6 Å². The highest BCUT2D eigenvalue weighted by Gasteiger charge is 2.11. The number of nitrogens with zero attached hydrogens (tertiary/aromatic N) is 4. The third kappa shape index (κ3) is 3.88. The predicted molar refractivity (Wildman–Crippen MR) is 98.6 cm³/mol. The standard InChI is InChI=1S/C16H19N5OS2/c1-4-22-13-7-5-11(6-8-13)17-15-18-12(10-24-15)9-14-19-20-16(23-3)21(14)2/h5-8,10H,4,9H2,1-3H3,(H,17,18). The summed E-state index contributed by atoms with van der Waals surface area (Å²) in [7, 11) is 1.98. The lowest BCUT2D eigenvalue weighted by atomic mass is 10.3. The van der Waals surface area contributed by atoms with Crippen LogP contribution < -0.4 is 10.1 Å². The molecule has 126 valence electrons. The third-order valence-corrected chi connectivity index (χ3v) is 4.94. The van der Waals surface area contributed by atoms with Crippen molar-refractivity contribution in [1.82, 2.24) is 19.7 Å². The molecule has 2 aromatic heterocycles. The smallest absolute Gasteiger partial charge is 0.190 e. The van der Waals surface area contributed by atoms with E-state index in [1.165, 1.54) is 0 Å². The Morgan fingerprint density at radius 1 is 1.25 bits per heavy atom. The van der Waals surface area contributed by atoms with Crippen LogP contribution >= 0.6 is 23.1 Å². The van der Waals surface area contributed by atoms with E-state index in [1.54, 1.807) is 23.1 Å². The van der Waals surface area contributed by atoms with E-state index >= 15 is 0 Å². The molecule has 0 saturated heterocycles. The topological polar surface area (TPSA) is 64.9 Å². The molecule has 0 aliphatic rings. The molecular formula is C16H19N5OS2. The minimum Gasteiger partial charge on any atom is -0.494 e. The summed E-state index contributed by atoms with van der Waals surface area (Å²) >= 11 is 3.17. The van der Waals surface area contributed by atoms with Gasteiger partial charge in [-0.05, 0) is 37.4 Å². The molecule has 3 aromatic rings. The Kier molecular flexibility index (Phi) is 5.37. The van der Waals surface area contributed by atoms with E-state index in [-0.39, 0.29) is 0 Å². The van der Waals surface area contributed by atoms with Crippen molar-refractivity contribution in [2.75, 3.05) is 18.2 Å². The first-order chi connectivity index (χ1) is 11.7. The molecule has 0 unspecified atom stereocenters. The molecule has 1 aromatic carbocycles. The van der Waals surface area contributed by atoms with E-state index in [0.29, 0.717) is 13.0 Å². The van der Waals surface area contributed by atoms with Gasteiger partial charge in [-0.1, -0.05) is 11.8 Å². The number of rotatable bonds is 7. The van der Waals surface area contributed by atoms with Crippen molar-refractivity contribution in [3.8, 4) is 5.75 Å². The van der Waals surface area contributed by atoms with Crippen LogP contribution in [0, 0.1) is 0 Å². The quantitative estimate of drug-likeness (QED) is 0.647. The molecular weight excluding hydrogens is 342 g/mol. The lowest BCUT2D eigenvalue weighted by molar-refractivity contribution is 0.340. The molecule has 0 fully saturated rings. The molecule has 8 heteroatoms. The number of benzene rings is 1. The van der Waals surface area contributed by atoms with Crippen LogP contribution in [0.1, 0.15) is 18.4 Å². The van der Waals surface area contributed by atoms with Crippen molar-refractivity contribution in [2.45, 2.75) is 18.5 Å². The number of ether oxygens (including phenoxy) is 1. The van der Waals surface area contributed by atoms with E-state index in [9.17, 15) is 0 Å². The van der Waals surface area contributed by atoms with E-state index in [2.05, 4.69) is 20.5 Å². The Labute approximate surface area is 149 Å². The Hall–Kier alpha value is -2.06. The zero-order chi connectivity index (χ0) is 16.9. The van der Waals surface area contributed by atoms with Crippen molar-refractivity contribution in [2.24, 2.45) is 7.05 Å². The van der Waals surface area contributed by atoms with Gasteiger partial charge >= 0.3 is 0 Å². The second-order valence-corrected chi connectivity index (χ2v) is 6.70. The van der Waals surface area contributed by atoms with Gasteiger partial charge in [-0.25, -0.2) is 4.98 Å². The van der Waals surface area contributed by atoms with E-state index in [0.717, 1.165) is 33.2 Å². The van der Waals surface area contributed by atoms with Crippen LogP contribution in [0.5, 0.6) is 5.75 Å². The number of thioether (sulfide) groups is 1. The van der Waals surface area contributed by atoms with Gasteiger partial charge in [0.05, 0.1) is 18.7 Å². The van der Waals surface area contributed by atoms with Gasteiger partial charge in [0.1, 0.15) is 11.6 Å². The SMILES string of the molecule is CCOc1ccc(Nc2nc(Cc3nnc(SC)n3C)cs2)cc1. The average Bonchev–Trinajstić information content (AvgIpc) is 3.17. The Morgan fingerprint density at radius 3 is 2.71 bits per heavy atom. The Bertz CT molecular complexity index is 797. The van der Waals surface area contributed by atoms with Crippen LogP contribution in [-0.2, 0) is 13.5 Å². The van der Waals surface area contributed by atoms with Crippen molar-refractivity contribution < 1.29 is 4.74 Å². The van der Waals surface area contributed by atoms with Gasteiger partial charge in [-0.15, -0.1) is 21.5 Å². The Morgan fingerprint density at radius 2 is 2.04 bits per heavy atom. The summed E-state index contributed by atoms with van der Waals surface area (Å²) in [6.07, 6.45) is 2.67. The van der Waals surface area contributed by atoms with Crippen LogP contribution in [0.2, 0.25) is 0 Å². The lowest BCUT2D eigenvalue weighted by Gasteiger charge is -2.05. The van der Waals surface area contributed by atoms with Gasteiger partial charge in [0, 0.05) is 18.1 Å². The van der Waals surface area contributed by atoms with Gasteiger partial charge in [0.2, 0.25) is 0 Å². The highest BCUT2D eigenvalue weighted by molar-refractivity contribution is 7.98. The van der Waals surface area contributed by atoms with Gasteiger partial charge in [0.15, 0.2) is 10.3 Å². The van der Waals surface area contributed by atoms with E-state index in [4.69, 9.17) is 4.74 Å². The summed E-state index contributed by atoms with van der Waals surface area (Å²) in [5.41, 5.74) is 1.97. The number of nitrogens with one attached hydrogen (secondary N) is 1. The molecule has 24 heavy (non-hydrogen) atoms. The summed E-state index contributed by atoms with van der Waals surface area (Å²) < 4.78 is 7.45. The molecule has 0 amide bonds. The highest BCUT2D eigenvalue weighted by atomic mass is 32.2. The Balaban J connectivity index is 1.65. The number of hydrogen-bond donors (Lipinski definition) is 1.